The summed E-state index contributed by atoms with van der Waals surface area (Å²) >= 11 is 3.36. The largest absolute Gasteiger partial charge is 0.497 e. The first-order chi connectivity index (χ1) is 13.8. The van der Waals surface area contributed by atoms with Crippen LogP contribution in [0.2, 0.25) is 0 Å². The molecule has 9 heteroatoms. The minimum atomic E-state index is -1.26. The molecule has 0 aliphatic carbocycles. The summed E-state index contributed by atoms with van der Waals surface area (Å²) in [5.74, 6) is -0.0967. The second-order valence-corrected chi connectivity index (χ2v) is 7.49. The summed E-state index contributed by atoms with van der Waals surface area (Å²) in [6.45, 7) is 1.17. The highest BCUT2D eigenvalue weighted by Gasteiger charge is 2.49. The molecule has 0 unspecified atom stereocenters. The lowest BCUT2D eigenvalue weighted by atomic mass is 9.92. The molecule has 0 spiro atoms. The molecule has 2 aromatic carbocycles. The van der Waals surface area contributed by atoms with Gasteiger partial charge in [0.25, 0.3) is 5.91 Å². The van der Waals surface area contributed by atoms with Crippen LogP contribution in [0.3, 0.4) is 0 Å². The van der Waals surface area contributed by atoms with Gasteiger partial charge in [-0.3, -0.25) is 14.5 Å². The van der Waals surface area contributed by atoms with E-state index in [0.717, 1.165) is 9.37 Å². The van der Waals surface area contributed by atoms with E-state index in [1.165, 1.54) is 14.2 Å². The van der Waals surface area contributed by atoms with Crippen molar-refractivity contribution in [2.45, 2.75) is 12.5 Å². The molecule has 152 valence electrons. The maximum absolute atomic E-state index is 13.0. The van der Waals surface area contributed by atoms with E-state index in [4.69, 9.17) is 9.47 Å². The van der Waals surface area contributed by atoms with E-state index in [-0.39, 0.29) is 0 Å². The molecule has 0 saturated carbocycles. The van der Waals surface area contributed by atoms with Gasteiger partial charge in [-0.25, -0.2) is 4.79 Å². The summed E-state index contributed by atoms with van der Waals surface area (Å²) in [5.41, 5.74) is -0.268. The van der Waals surface area contributed by atoms with Crippen LogP contribution in [0, 0.1) is 0 Å². The Morgan fingerprint density at radius 1 is 1.17 bits per heavy atom. The van der Waals surface area contributed by atoms with Crippen molar-refractivity contribution in [1.29, 1.82) is 0 Å². The zero-order valence-electron chi connectivity index (χ0n) is 16.1. The van der Waals surface area contributed by atoms with Crippen LogP contribution in [0.4, 0.5) is 10.5 Å². The number of imide groups is 1. The number of ether oxygens (including phenoxy) is 2. The molecule has 29 heavy (non-hydrogen) atoms. The third-order valence-corrected chi connectivity index (χ3v) is 5.15. The molecule has 4 amide bonds. The SMILES string of the molecule is COc1ccc(OC)c(NC(=O)CN2C(=O)N[C@](C)(c3cccc(Br)c3)C2=O)c1. The van der Waals surface area contributed by atoms with Gasteiger partial charge in [0, 0.05) is 10.5 Å². The fourth-order valence-electron chi connectivity index (χ4n) is 3.08. The predicted molar refractivity (Wildman–Crippen MR) is 110 cm³/mol. The van der Waals surface area contributed by atoms with E-state index in [0.29, 0.717) is 22.7 Å². The van der Waals surface area contributed by atoms with Crippen LogP contribution in [0.5, 0.6) is 11.5 Å². The zero-order valence-corrected chi connectivity index (χ0v) is 17.7. The molecule has 0 bridgehead atoms. The number of benzene rings is 2. The number of urea groups is 1. The van der Waals surface area contributed by atoms with Crippen molar-refractivity contribution in [1.82, 2.24) is 10.2 Å². The average Bonchev–Trinajstić information content (AvgIpc) is 2.92. The fraction of sp³-hybridized carbons (Fsp3) is 0.250. The molecule has 1 saturated heterocycles. The molecule has 0 aromatic heterocycles. The van der Waals surface area contributed by atoms with Gasteiger partial charge in [0.05, 0.1) is 19.9 Å². The Labute approximate surface area is 176 Å². The van der Waals surface area contributed by atoms with Crippen molar-refractivity contribution in [3.8, 4) is 11.5 Å². The van der Waals surface area contributed by atoms with Gasteiger partial charge in [0.2, 0.25) is 5.91 Å². The number of anilines is 1. The Kier molecular flexibility index (Phi) is 5.78. The van der Waals surface area contributed by atoms with Crippen LogP contribution in [0.15, 0.2) is 46.9 Å². The average molecular weight is 462 g/mol. The quantitative estimate of drug-likeness (QED) is 0.644. The van der Waals surface area contributed by atoms with Gasteiger partial charge in [-0.05, 0) is 36.8 Å². The van der Waals surface area contributed by atoms with Crippen molar-refractivity contribution in [2.24, 2.45) is 0 Å². The van der Waals surface area contributed by atoms with Crippen molar-refractivity contribution in [2.75, 3.05) is 26.1 Å². The molecule has 1 fully saturated rings. The van der Waals surface area contributed by atoms with Crippen molar-refractivity contribution < 1.29 is 23.9 Å². The van der Waals surface area contributed by atoms with Crippen LogP contribution in [0.25, 0.3) is 0 Å². The number of nitrogens with zero attached hydrogens (tertiary/aromatic N) is 1. The summed E-state index contributed by atoms with van der Waals surface area (Å²) < 4.78 is 11.2. The lowest BCUT2D eigenvalue weighted by molar-refractivity contribution is -0.133. The van der Waals surface area contributed by atoms with Crippen molar-refractivity contribution >= 4 is 39.5 Å². The summed E-state index contributed by atoms with van der Waals surface area (Å²) in [4.78, 5) is 38.8. The number of rotatable bonds is 6. The minimum Gasteiger partial charge on any atom is -0.497 e. The third kappa shape index (κ3) is 4.04. The summed E-state index contributed by atoms with van der Waals surface area (Å²) in [6.07, 6.45) is 0. The number of hydrogen-bond acceptors (Lipinski definition) is 5. The minimum absolute atomic E-state index is 0.374. The number of carbonyl (C=O) groups is 3. The van der Waals surface area contributed by atoms with Crippen LogP contribution in [-0.4, -0.2) is 43.5 Å². The van der Waals surface area contributed by atoms with E-state index >= 15 is 0 Å². The van der Waals surface area contributed by atoms with E-state index in [9.17, 15) is 14.4 Å². The number of amides is 4. The van der Waals surface area contributed by atoms with E-state index < -0.39 is 29.9 Å². The van der Waals surface area contributed by atoms with Gasteiger partial charge >= 0.3 is 6.03 Å². The Morgan fingerprint density at radius 2 is 1.93 bits per heavy atom. The Hall–Kier alpha value is -3.07. The van der Waals surface area contributed by atoms with Crippen molar-refractivity contribution in [3.05, 3.63) is 52.5 Å². The first kappa shape index (κ1) is 20.7. The van der Waals surface area contributed by atoms with Gasteiger partial charge in [-0.1, -0.05) is 28.1 Å². The highest BCUT2D eigenvalue weighted by molar-refractivity contribution is 9.10. The second kappa shape index (κ2) is 8.12. The van der Waals surface area contributed by atoms with Gasteiger partial charge in [0.1, 0.15) is 23.6 Å². The number of halogens is 1. The maximum atomic E-state index is 13.0. The number of nitrogens with one attached hydrogen (secondary N) is 2. The molecule has 0 radical (unpaired) electrons. The predicted octanol–water partition coefficient (Wildman–Crippen LogP) is 2.87. The van der Waals surface area contributed by atoms with E-state index in [2.05, 4.69) is 26.6 Å². The molecular formula is C20H20BrN3O5. The highest BCUT2D eigenvalue weighted by Crippen LogP contribution is 2.31. The molecule has 2 N–H and O–H groups in total. The smallest absolute Gasteiger partial charge is 0.325 e. The second-order valence-electron chi connectivity index (χ2n) is 6.57. The molecular weight excluding hydrogens is 442 g/mol. The molecule has 2 aromatic rings. The third-order valence-electron chi connectivity index (χ3n) is 4.66. The lowest BCUT2D eigenvalue weighted by Crippen LogP contribution is -2.42. The Morgan fingerprint density at radius 3 is 2.59 bits per heavy atom. The van der Waals surface area contributed by atoms with Gasteiger partial charge in [-0.15, -0.1) is 0 Å². The first-order valence-electron chi connectivity index (χ1n) is 8.70. The van der Waals surface area contributed by atoms with Crippen LogP contribution in [-0.2, 0) is 15.1 Å². The summed E-state index contributed by atoms with van der Waals surface area (Å²) in [5, 5.41) is 5.33. The fourth-order valence-corrected chi connectivity index (χ4v) is 3.48. The maximum Gasteiger partial charge on any atom is 0.325 e. The standard InChI is InChI=1S/C20H20BrN3O5/c1-20(12-5-4-6-13(21)9-12)18(26)24(19(27)23-20)11-17(25)22-15-10-14(28-2)7-8-16(15)29-3/h4-10H,11H2,1-3H3,(H,22,25)(H,23,27)/t20-/m1/s1. The monoisotopic (exact) mass is 461 g/mol. The number of hydrogen-bond donors (Lipinski definition) is 2. The molecule has 3 rings (SSSR count). The Balaban J connectivity index is 1.78. The Bertz CT molecular complexity index is 980. The molecule has 1 heterocycles. The van der Waals surface area contributed by atoms with E-state index in [1.807, 2.05) is 6.07 Å². The summed E-state index contributed by atoms with van der Waals surface area (Å²) in [6, 6.07) is 11.4. The van der Waals surface area contributed by atoms with Crippen LogP contribution < -0.4 is 20.1 Å². The zero-order chi connectivity index (χ0) is 21.2. The van der Waals surface area contributed by atoms with Gasteiger partial charge in [-0.2, -0.15) is 0 Å². The summed E-state index contributed by atoms with van der Waals surface area (Å²) in [7, 11) is 2.97. The number of methoxy groups -OCH3 is 2. The molecule has 1 atom stereocenters. The molecule has 1 aliphatic heterocycles. The topological polar surface area (TPSA) is 97.0 Å². The van der Waals surface area contributed by atoms with Crippen LogP contribution in [0.1, 0.15) is 12.5 Å². The van der Waals surface area contributed by atoms with Crippen LogP contribution >= 0.6 is 15.9 Å². The van der Waals surface area contributed by atoms with Crippen molar-refractivity contribution in [3.63, 3.8) is 0 Å². The molecule has 1 aliphatic rings. The first-order valence-corrected chi connectivity index (χ1v) is 9.50. The normalized spacial score (nSPS) is 18.4. The lowest BCUT2D eigenvalue weighted by Gasteiger charge is -2.22. The molecule has 8 nitrogen and oxygen atoms in total. The highest BCUT2D eigenvalue weighted by atomic mass is 79.9. The van der Waals surface area contributed by atoms with E-state index in [1.54, 1.807) is 43.3 Å². The number of carbonyl (C=O) groups excluding carboxylic acids is 3. The van der Waals surface area contributed by atoms with Gasteiger partial charge < -0.3 is 20.1 Å². The van der Waals surface area contributed by atoms with Gasteiger partial charge in [0.15, 0.2) is 0 Å².